The van der Waals surface area contributed by atoms with Gasteiger partial charge in [0.2, 0.25) is 17.7 Å². The van der Waals surface area contributed by atoms with Gasteiger partial charge >= 0.3 is 0 Å². The Kier molecular flexibility index (Phi) is 6.03. The van der Waals surface area contributed by atoms with Crippen molar-refractivity contribution in [2.45, 2.75) is 43.4 Å². The summed E-state index contributed by atoms with van der Waals surface area (Å²) in [4.78, 5) is 52.5. The summed E-state index contributed by atoms with van der Waals surface area (Å²) in [6.07, 6.45) is 7.03. The van der Waals surface area contributed by atoms with E-state index in [0.29, 0.717) is 37.0 Å². The van der Waals surface area contributed by atoms with Crippen LogP contribution in [0.5, 0.6) is 0 Å². The van der Waals surface area contributed by atoms with Crippen LogP contribution in [0.15, 0.2) is 23.1 Å². The number of hydrogen-bond acceptors (Lipinski definition) is 6. The average Bonchev–Trinajstić information content (AvgIpc) is 2.81. The van der Waals surface area contributed by atoms with Gasteiger partial charge in [-0.25, -0.2) is 0 Å². The van der Waals surface area contributed by atoms with E-state index in [1.165, 1.54) is 31.4 Å². The predicted octanol–water partition coefficient (Wildman–Crippen LogP) is 2.67. The van der Waals surface area contributed by atoms with Gasteiger partial charge in [0.05, 0.1) is 21.0 Å². The number of piperazine rings is 1. The van der Waals surface area contributed by atoms with Gasteiger partial charge in [-0.3, -0.25) is 24.5 Å². The topological polar surface area (TPSA) is 127 Å². The predicted molar refractivity (Wildman–Crippen MR) is 126 cm³/mol. The van der Waals surface area contributed by atoms with Gasteiger partial charge in [0, 0.05) is 37.8 Å². The van der Waals surface area contributed by atoms with Crippen LogP contribution in [0.4, 0.5) is 5.69 Å². The molecule has 4 aliphatic carbocycles. The molecule has 10 heteroatoms. The van der Waals surface area contributed by atoms with Crippen molar-refractivity contribution in [3.05, 3.63) is 33.9 Å². The van der Waals surface area contributed by atoms with E-state index >= 15 is 0 Å². The van der Waals surface area contributed by atoms with Crippen molar-refractivity contribution in [3.63, 3.8) is 0 Å². The minimum absolute atomic E-state index is 0.0552. The van der Waals surface area contributed by atoms with Crippen LogP contribution in [0.3, 0.4) is 0 Å². The Bertz CT molecular complexity index is 1000. The monoisotopic (exact) mass is 486 g/mol. The number of nitrogens with two attached hydrogens (primary N) is 1. The fourth-order valence-corrected chi connectivity index (χ4v) is 7.94. The first-order chi connectivity index (χ1) is 16.2. The van der Waals surface area contributed by atoms with E-state index in [1.54, 1.807) is 4.90 Å². The number of nitrogens with zero attached hydrogens (tertiary/aromatic N) is 3. The lowest BCUT2D eigenvalue weighted by Crippen LogP contribution is -2.58. The molecule has 9 nitrogen and oxygen atoms in total. The largest absolute Gasteiger partial charge is 0.366 e. The van der Waals surface area contributed by atoms with Crippen LogP contribution in [-0.4, -0.2) is 64.4 Å². The maximum atomic E-state index is 13.5. The quantitative estimate of drug-likeness (QED) is 0.374. The van der Waals surface area contributed by atoms with E-state index in [-0.39, 0.29) is 28.3 Å². The number of rotatable bonds is 6. The third-order valence-electron chi connectivity index (χ3n) is 8.20. The molecule has 5 aliphatic rings. The zero-order chi connectivity index (χ0) is 24.0. The van der Waals surface area contributed by atoms with E-state index < -0.39 is 10.8 Å². The minimum atomic E-state index is -0.739. The smallest absolute Gasteiger partial charge is 0.283 e. The first kappa shape index (κ1) is 23.1. The highest BCUT2D eigenvalue weighted by Crippen LogP contribution is 2.60. The van der Waals surface area contributed by atoms with E-state index in [2.05, 4.69) is 0 Å². The summed E-state index contributed by atoms with van der Waals surface area (Å²) < 4.78 is 0. The van der Waals surface area contributed by atoms with Crippen molar-refractivity contribution >= 4 is 35.2 Å². The Labute approximate surface area is 202 Å². The van der Waals surface area contributed by atoms with E-state index in [0.717, 1.165) is 54.8 Å². The number of amides is 3. The SMILES string of the molecule is NC(=O)c1ccc(SCC(=O)N2CCN(C(=O)C34CC5CC(CC(C5)C3)C4)CC2)c([N+](=O)[O-])c1. The molecule has 34 heavy (non-hydrogen) atoms. The minimum Gasteiger partial charge on any atom is -0.366 e. The van der Waals surface area contributed by atoms with E-state index in [4.69, 9.17) is 5.73 Å². The van der Waals surface area contributed by atoms with Crippen molar-refractivity contribution in [1.29, 1.82) is 0 Å². The van der Waals surface area contributed by atoms with Gasteiger partial charge < -0.3 is 15.5 Å². The lowest BCUT2D eigenvalue weighted by Gasteiger charge is -2.57. The first-order valence-corrected chi connectivity index (χ1v) is 13.0. The molecule has 1 aliphatic heterocycles. The number of nitro benzene ring substituents is 1. The van der Waals surface area contributed by atoms with Crippen molar-refractivity contribution in [2.24, 2.45) is 28.9 Å². The summed E-state index contributed by atoms with van der Waals surface area (Å²) >= 11 is 1.08. The molecule has 5 fully saturated rings. The summed E-state index contributed by atoms with van der Waals surface area (Å²) in [6.45, 7) is 2.06. The van der Waals surface area contributed by atoms with Crippen LogP contribution in [0.25, 0.3) is 0 Å². The molecule has 3 amide bonds. The van der Waals surface area contributed by atoms with Gasteiger partial charge in [-0.1, -0.05) is 0 Å². The summed E-state index contributed by atoms with van der Waals surface area (Å²) in [7, 11) is 0. The number of carbonyl (C=O) groups is 3. The number of hydrogen-bond donors (Lipinski definition) is 1. The van der Waals surface area contributed by atoms with Crippen LogP contribution in [0.1, 0.15) is 48.9 Å². The molecule has 1 aromatic carbocycles. The molecule has 0 radical (unpaired) electrons. The Morgan fingerprint density at radius 1 is 1.00 bits per heavy atom. The standard InChI is InChI=1S/C24H30N4O5S/c25-22(30)18-1-2-20(19(10-18)28(32)33)34-14-21(29)26-3-5-27(6-4-26)23(31)24-11-15-7-16(12-24)9-17(8-15)13-24/h1-2,10,15-17H,3-9,11-14H2,(H2,25,30). The van der Waals surface area contributed by atoms with Gasteiger partial charge in [0.25, 0.3) is 5.69 Å². The maximum absolute atomic E-state index is 13.5. The number of benzene rings is 1. The molecule has 4 saturated carbocycles. The van der Waals surface area contributed by atoms with Crippen molar-refractivity contribution in [2.75, 3.05) is 31.9 Å². The van der Waals surface area contributed by atoms with E-state index in [1.807, 2.05) is 4.90 Å². The van der Waals surface area contributed by atoms with Crippen molar-refractivity contribution < 1.29 is 19.3 Å². The second kappa shape index (κ2) is 8.87. The fourth-order valence-electron chi connectivity index (χ4n) is 7.03. The van der Waals surface area contributed by atoms with Crippen LogP contribution < -0.4 is 5.73 Å². The van der Waals surface area contributed by atoms with E-state index in [9.17, 15) is 24.5 Å². The second-order valence-electron chi connectivity index (χ2n) is 10.5. The molecule has 1 saturated heterocycles. The number of carbonyl (C=O) groups excluding carboxylic acids is 3. The fraction of sp³-hybridized carbons (Fsp3) is 0.625. The summed E-state index contributed by atoms with van der Waals surface area (Å²) in [5.74, 6) is 1.67. The third kappa shape index (κ3) is 4.28. The molecule has 1 aromatic rings. The number of thioether (sulfide) groups is 1. The highest BCUT2D eigenvalue weighted by Gasteiger charge is 2.55. The lowest BCUT2D eigenvalue weighted by atomic mass is 9.49. The molecule has 182 valence electrons. The Hall–Kier alpha value is -2.62. The van der Waals surface area contributed by atoms with Crippen LogP contribution in [0, 0.1) is 33.3 Å². The van der Waals surface area contributed by atoms with Gasteiger partial charge in [-0.15, -0.1) is 11.8 Å². The van der Waals surface area contributed by atoms with Crippen LogP contribution >= 0.6 is 11.8 Å². The third-order valence-corrected chi connectivity index (χ3v) is 9.25. The molecular formula is C24H30N4O5S. The Balaban J connectivity index is 1.16. The zero-order valence-corrected chi connectivity index (χ0v) is 19.9. The van der Waals surface area contributed by atoms with Crippen LogP contribution in [0.2, 0.25) is 0 Å². The van der Waals surface area contributed by atoms with Gasteiger partial charge in [-0.2, -0.15) is 0 Å². The summed E-state index contributed by atoms with van der Waals surface area (Å²) in [5.41, 5.74) is 4.87. The number of nitro groups is 1. The molecule has 0 spiro atoms. The van der Waals surface area contributed by atoms with Gasteiger partial charge in [0.1, 0.15) is 0 Å². The first-order valence-electron chi connectivity index (χ1n) is 12.0. The lowest BCUT2D eigenvalue weighted by molar-refractivity contribution is -0.387. The van der Waals surface area contributed by atoms with Crippen molar-refractivity contribution in [3.8, 4) is 0 Å². The summed E-state index contributed by atoms with van der Waals surface area (Å²) in [5, 5.41) is 11.4. The maximum Gasteiger partial charge on any atom is 0.283 e. The van der Waals surface area contributed by atoms with Gasteiger partial charge in [-0.05, 0) is 68.4 Å². The van der Waals surface area contributed by atoms with Gasteiger partial charge in [0.15, 0.2) is 0 Å². The highest BCUT2D eigenvalue weighted by molar-refractivity contribution is 8.00. The van der Waals surface area contributed by atoms with Crippen molar-refractivity contribution in [1.82, 2.24) is 9.80 Å². The Morgan fingerprint density at radius 2 is 1.56 bits per heavy atom. The zero-order valence-electron chi connectivity index (χ0n) is 19.1. The average molecular weight is 487 g/mol. The molecular weight excluding hydrogens is 456 g/mol. The van der Waals surface area contributed by atoms with Crippen LogP contribution in [-0.2, 0) is 9.59 Å². The highest BCUT2D eigenvalue weighted by atomic mass is 32.2. The normalized spacial score (nSPS) is 29.8. The Morgan fingerprint density at radius 3 is 2.09 bits per heavy atom. The molecule has 0 atom stereocenters. The number of primary amides is 1. The molecule has 6 rings (SSSR count). The second-order valence-corrected chi connectivity index (χ2v) is 11.5. The summed E-state index contributed by atoms with van der Waals surface area (Å²) in [6, 6.07) is 4.03. The molecule has 2 N–H and O–H groups in total. The molecule has 0 aromatic heterocycles. The molecule has 0 unspecified atom stereocenters. The molecule has 4 bridgehead atoms. The molecule has 1 heterocycles.